The Morgan fingerprint density at radius 1 is 1.37 bits per heavy atom. The Morgan fingerprint density at radius 2 is 2.11 bits per heavy atom. The van der Waals surface area contributed by atoms with Crippen LogP contribution in [0.1, 0.15) is 15.3 Å². The van der Waals surface area contributed by atoms with Gasteiger partial charge >= 0.3 is 0 Å². The normalized spacial score (nSPS) is 10.5. The van der Waals surface area contributed by atoms with Crippen molar-refractivity contribution in [3.63, 3.8) is 0 Å². The highest BCUT2D eigenvalue weighted by Crippen LogP contribution is 2.28. The Kier molecular flexibility index (Phi) is 4.21. The standard InChI is InChI=1S/C13H13BrN2O2S/c1-8-5-10(9(2)19-8)7-15-11-3-4-13(16(17)18)12(14)6-11/h3-6,15H,7H2,1-2H3. The Morgan fingerprint density at radius 3 is 2.63 bits per heavy atom. The quantitative estimate of drug-likeness (QED) is 0.651. The monoisotopic (exact) mass is 340 g/mol. The molecule has 0 amide bonds. The van der Waals surface area contributed by atoms with Gasteiger partial charge in [-0.25, -0.2) is 0 Å². The fourth-order valence-corrected chi connectivity index (χ4v) is 3.29. The fraction of sp³-hybridized carbons (Fsp3) is 0.231. The third-order valence-corrected chi connectivity index (χ3v) is 4.41. The molecule has 6 heteroatoms. The summed E-state index contributed by atoms with van der Waals surface area (Å²) in [6.07, 6.45) is 0. The van der Waals surface area contributed by atoms with Crippen LogP contribution in [0.5, 0.6) is 0 Å². The summed E-state index contributed by atoms with van der Waals surface area (Å²) in [6, 6.07) is 7.11. The van der Waals surface area contributed by atoms with E-state index < -0.39 is 4.92 Å². The molecule has 0 aliphatic heterocycles. The van der Waals surface area contributed by atoms with Gasteiger partial charge < -0.3 is 5.32 Å². The van der Waals surface area contributed by atoms with E-state index in [0.29, 0.717) is 4.47 Å². The van der Waals surface area contributed by atoms with Crippen molar-refractivity contribution in [2.75, 3.05) is 5.32 Å². The van der Waals surface area contributed by atoms with Gasteiger partial charge in [0.05, 0.1) is 9.40 Å². The van der Waals surface area contributed by atoms with Crippen molar-refractivity contribution in [2.45, 2.75) is 20.4 Å². The van der Waals surface area contributed by atoms with Crippen LogP contribution in [0, 0.1) is 24.0 Å². The van der Waals surface area contributed by atoms with Crippen LogP contribution in [-0.4, -0.2) is 4.92 Å². The number of rotatable bonds is 4. The zero-order chi connectivity index (χ0) is 14.0. The molecule has 0 saturated carbocycles. The number of aryl methyl sites for hydroxylation is 2. The van der Waals surface area contributed by atoms with Crippen molar-refractivity contribution in [1.82, 2.24) is 0 Å². The molecule has 1 heterocycles. The van der Waals surface area contributed by atoms with Crippen LogP contribution in [0.2, 0.25) is 0 Å². The summed E-state index contributed by atoms with van der Waals surface area (Å²) in [6.45, 7) is 4.91. The van der Waals surface area contributed by atoms with Gasteiger partial charge in [0.25, 0.3) is 5.69 Å². The summed E-state index contributed by atoms with van der Waals surface area (Å²) in [5.74, 6) is 0. The first-order valence-electron chi connectivity index (χ1n) is 5.71. The largest absolute Gasteiger partial charge is 0.381 e. The fourth-order valence-electron chi connectivity index (χ4n) is 1.82. The van der Waals surface area contributed by atoms with Crippen LogP contribution in [0.15, 0.2) is 28.7 Å². The lowest BCUT2D eigenvalue weighted by Crippen LogP contribution is -2.00. The van der Waals surface area contributed by atoms with Gasteiger partial charge in [-0.3, -0.25) is 10.1 Å². The molecule has 1 aromatic carbocycles. The molecule has 0 atom stereocenters. The van der Waals surface area contributed by atoms with Crippen LogP contribution in [0.3, 0.4) is 0 Å². The molecule has 0 bridgehead atoms. The minimum Gasteiger partial charge on any atom is -0.381 e. The molecule has 2 rings (SSSR count). The van der Waals surface area contributed by atoms with E-state index >= 15 is 0 Å². The first kappa shape index (κ1) is 14.0. The maximum Gasteiger partial charge on any atom is 0.283 e. The minimum atomic E-state index is -0.403. The summed E-state index contributed by atoms with van der Waals surface area (Å²) < 4.78 is 0.487. The number of thiophene rings is 1. The smallest absolute Gasteiger partial charge is 0.283 e. The predicted octanol–water partition coefficient (Wildman–Crippen LogP) is 4.65. The van der Waals surface area contributed by atoms with Gasteiger partial charge in [0.2, 0.25) is 0 Å². The van der Waals surface area contributed by atoms with Gasteiger partial charge in [-0.1, -0.05) is 0 Å². The second-order valence-corrected chi connectivity index (χ2v) is 6.53. The molecular weight excluding hydrogens is 328 g/mol. The molecule has 0 radical (unpaired) electrons. The van der Waals surface area contributed by atoms with E-state index in [9.17, 15) is 10.1 Å². The van der Waals surface area contributed by atoms with Gasteiger partial charge in [-0.05, 0) is 53.5 Å². The minimum absolute atomic E-state index is 0.0770. The van der Waals surface area contributed by atoms with Crippen molar-refractivity contribution >= 4 is 38.6 Å². The molecule has 2 aromatic rings. The zero-order valence-corrected chi connectivity index (χ0v) is 13.0. The molecule has 1 N–H and O–H groups in total. The van der Waals surface area contributed by atoms with Crippen molar-refractivity contribution < 1.29 is 4.92 Å². The van der Waals surface area contributed by atoms with Crippen LogP contribution < -0.4 is 5.32 Å². The molecule has 0 saturated heterocycles. The first-order valence-corrected chi connectivity index (χ1v) is 7.32. The maximum atomic E-state index is 10.7. The number of hydrogen-bond acceptors (Lipinski definition) is 4. The lowest BCUT2D eigenvalue weighted by atomic mass is 10.2. The molecule has 0 aliphatic carbocycles. The Balaban J connectivity index is 2.10. The summed E-state index contributed by atoms with van der Waals surface area (Å²) >= 11 is 4.99. The topological polar surface area (TPSA) is 55.2 Å². The average molecular weight is 341 g/mol. The summed E-state index contributed by atoms with van der Waals surface area (Å²) in [4.78, 5) is 12.9. The Labute approximate surface area is 123 Å². The molecule has 0 aliphatic rings. The molecule has 0 fully saturated rings. The number of halogens is 1. The lowest BCUT2D eigenvalue weighted by molar-refractivity contribution is -0.385. The van der Waals surface area contributed by atoms with Gasteiger partial charge in [-0.2, -0.15) is 0 Å². The van der Waals surface area contributed by atoms with E-state index in [1.54, 1.807) is 23.5 Å². The van der Waals surface area contributed by atoms with E-state index in [0.717, 1.165) is 12.2 Å². The highest BCUT2D eigenvalue weighted by Gasteiger charge is 2.11. The number of anilines is 1. The van der Waals surface area contributed by atoms with Crippen LogP contribution in [-0.2, 0) is 6.54 Å². The second kappa shape index (κ2) is 5.71. The van der Waals surface area contributed by atoms with E-state index in [1.807, 2.05) is 0 Å². The third-order valence-electron chi connectivity index (χ3n) is 2.77. The molecule has 100 valence electrons. The molecule has 0 unspecified atom stereocenters. The number of benzene rings is 1. The lowest BCUT2D eigenvalue weighted by Gasteiger charge is -2.06. The summed E-state index contributed by atoms with van der Waals surface area (Å²) in [7, 11) is 0. The van der Waals surface area contributed by atoms with Crippen LogP contribution >= 0.6 is 27.3 Å². The van der Waals surface area contributed by atoms with Gasteiger partial charge in [-0.15, -0.1) is 11.3 Å². The predicted molar refractivity (Wildman–Crippen MR) is 81.9 cm³/mol. The molecule has 0 spiro atoms. The van der Waals surface area contributed by atoms with Crippen molar-refractivity contribution in [2.24, 2.45) is 0 Å². The highest BCUT2D eigenvalue weighted by atomic mass is 79.9. The number of hydrogen-bond donors (Lipinski definition) is 1. The molecule has 19 heavy (non-hydrogen) atoms. The highest BCUT2D eigenvalue weighted by molar-refractivity contribution is 9.10. The second-order valence-electron chi connectivity index (χ2n) is 4.22. The Bertz CT molecular complexity index is 625. The van der Waals surface area contributed by atoms with E-state index in [-0.39, 0.29) is 5.69 Å². The number of nitrogens with zero attached hydrogens (tertiary/aromatic N) is 1. The summed E-state index contributed by atoms with van der Waals surface area (Å²) in [5.41, 5.74) is 2.20. The molecular formula is C13H13BrN2O2S. The van der Waals surface area contributed by atoms with Crippen LogP contribution in [0.25, 0.3) is 0 Å². The van der Waals surface area contributed by atoms with Gasteiger partial charge in [0.1, 0.15) is 0 Å². The first-order chi connectivity index (χ1) is 8.97. The number of nitro benzene ring substituents is 1. The van der Waals surface area contributed by atoms with Gasteiger partial charge in [0.15, 0.2) is 0 Å². The average Bonchev–Trinajstić information content (AvgIpc) is 2.65. The third kappa shape index (κ3) is 3.33. The van der Waals surface area contributed by atoms with Crippen molar-refractivity contribution in [1.29, 1.82) is 0 Å². The van der Waals surface area contributed by atoms with Crippen molar-refractivity contribution in [3.05, 3.63) is 54.2 Å². The van der Waals surface area contributed by atoms with Crippen LogP contribution in [0.4, 0.5) is 11.4 Å². The molecule has 1 aromatic heterocycles. The zero-order valence-electron chi connectivity index (χ0n) is 10.6. The van der Waals surface area contributed by atoms with E-state index in [4.69, 9.17) is 0 Å². The van der Waals surface area contributed by atoms with E-state index in [1.165, 1.54) is 21.4 Å². The maximum absolute atomic E-state index is 10.7. The number of nitrogens with one attached hydrogen (secondary N) is 1. The Hall–Kier alpha value is -1.40. The van der Waals surface area contributed by atoms with E-state index in [2.05, 4.69) is 41.2 Å². The SMILES string of the molecule is Cc1cc(CNc2ccc([N+](=O)[O-])c(Br)c2)c(C)s1. The van der Waals surface area contributed by atoms with Crippen molar-refractivity contribution in [3.8, 4) is 0 Å². The number of nitro groups is 1. The van der Waals surface area contributed by atoms with Gasteiger partial charge in [0, 0.05) is 28.1 Å². The molecule has 4 nitrogen and oxygen atoms in total. The summed E-state index contributed by atoms with van der Waals surface area (Å²) in [5, 5.41) is 14.0.